The minimum Gasteiger partial charge on any atom is -0.459 e. The quantitative estimate of drug-likeness (QED) is 0.346. The molecule has 0 saturated carbocycles. The molecule has 2 aromatic carbocycles. The Balaban J connectivity index is 1.55. The summed E-state index contributed by atoms with van der Waals surface area (Å²) in [5.74, 6) is -0.660. The lowest BCUT2D eigenvalue weighted by atomic mass is 9.99. The van der Waals surface area contributed by atoms with E-state index in [4.69, 9.17) is 9.26 Å². The predicted octanol–water partition coefficient (Wildman–Crippen LogP) is 4.65. The van der Waals surface area contributed by atoms with Gasteiger partial charge in [0.2, 0.25) is 0 Å². The van der Waals surface area contributed by atoms with Crippen molar-refractivity contribution in [1.82, 2.24) is 24.3 Å². The Morgan fingerprint density at radius 3 is 2.49 bits per heavy atom. The van der Waals surface area contributed by atoms with Crippen LogP contribution in [0.4, 0.5) is 0 Å². The van der Waals surface area contributed by atoms with E-state index in [2.05, 4.69) is 15.2 Å². The van der Waals surface area contributed by atoms with E-state index in [0.29, 0.717) is 29.1 Å². The predicted molar refractivity (Wildman–Crippen MR) is 131 cm³/mol. The van der Waals surface area contributed by atoms with Gasteiger partial charge in [-0.1, -0.05) is 50.2 Å². The van der Waals surface area contributed by atoms with Crippen molar-refractivity contribution < 1.29 is 14.1 Å². The zero-order valence-corrected chi connectivity index (χ0v) is 19.7. The number of aryl methyl sites for hydroxylation is 1. The van der Waals surface area contributed by atoms with Crippen LogP contribution in [0.15, 0.2) is 70.2 Å². The van der Waals surface area contributed by atoms with Crippen LogP contribution in [-0.4, -0.2) is 36.4 Å². The van der Waals surface area contributed by atoms with E-state index in [-0.39, 0.29) is 12.1 Å². The topological polar surface area (TPSA) is 107 Å². The maximum atomic E-state index is 13.0. The van der Waals surface area contributed by atoms with Crippen molar-refractivity contribution in [3.63, 3.8) is 0 Å². The van der Waals surface area contributed by atoms with Crippen molar-refractivity contribution in [2.75, 3.05) is 0 Å². The van der Waals surface area contributed by atoms with Crippen LogP contribution in [0.3, 0.4) is 0 Å². The highest BCUT2D eigenvalue weighted by molar-refractivity contribution is 5.98. The van der Waals surface area contributed by atoms with Gasteiger partial charge < -0.3 is 9.26 Å². The van der Waals surface area contributed by atoms with E-state index >= 15 is 0 Å². The van der Waals surface area contributed by atoms with Crippen LogP contribution in [0.5, 0.6) is 0 Å². The van der Waals surface area contributed by atoms with Crippen molar-refractivity contribution in [2.45, 2.75) is 39.7 Å². The fraction of sp³-hybridized carbons (Fsp3) is 0.231. The van der Waals surface area contributed by atoms with E-state index in [0.717, 1.165) is 28.8 Å². The zero-order valence-electron chi connectivity index (χ0n) is 19.7. The number of esters is 1. The minimum atomic E-state index is -0.670. The molecule has 5 rings (SSSR count). The molecular formula is C26H25N5O4. The molecule has 0 radical (unpaired) electrons. The van der Waals surface area contributed by atoms with Crippen LogP contribution in [-0.2, 0) is 11.2 Å². The molecule has 9 nitrogen and oxygen atoms in total. The summed E-state index contributed by atoms with van der Waals surface area (Å²) in [6.07, 6.45) is 4.89. The first kappa shape index (κ1) is 22.4. The Labute approximate surface area is 201 Å². The second-order valence-electron chi connectivity index (χ2n) is 8.26. The third-order valence-corrected chi connectivity index (χ3v) is 6.04. The van der Waals surface area contributed by atoms with Gasteiger partial charge in [0.05, 0.1) is 11.8 Å². The van der Waals surface area contributed by atoms with Gasteiger partial charge >= 0.3 is 11.7 Å². The molecule has 178 valence electrons. The number of carbonyl (C=O) groups excluding carboxylic acids is 1. The summed E-state index contributed by atoms with van der Waals surface area (Å²) < 4.78 is 14.0. The molecule has 0 aliphatic rings. The molecule has 0 aliphatic carbocycles. The highest BCUT2D eigenvalue weighted by Crippen LogP contribution is 2.31. The third-order valence-electron chi connectivity index (χ3n) is 6.04. The molecule has 0 aliphatic heterocycles. The summed E-state index contributed by atoms with van der Waals surface area (Å²) in [4.78, 5) is 28.3. The van der Waals surface area contributed by atoms with E-state index < -0.39 is 5.76 Å². The second-order valence-corrected chi connectivity index (χ2v) is 8.26. The van der Waals surface area contributed by atoms with Gasteiger partial charge in [-0.05, 0) is 43.0 Å². The molecule has 35 heavy (non-hydrogen) atoms. The molecule has 0 bridgehead atoms. The lowest BCUT2D eigenvalue weighted by molar-refractivity contribution is 0.0335. The lowest BCUT2D eigenvalue weighted by Crippen LogP contribution is -2.15. The number of aromatic nitrogens is 5. The van der Waals surface area contributed by atoms with Crippen molar-refractivity contribution in [1.29, 1.82) is 0 Å². The number of aromatic amines is 1. The maximum Gasteiger partial charge on any atom is 0.460 e. The molecule has 9 heteroatoms. The number of carbonyl (C=O) groups is 1. The number of nitrogens with one attached hydrogen (secondary N) is 1. The minimum absolute atomic E-state index is 0.176. The first-order valence-corrected chi connectivity index (χ1v) is 11.5. The average Bonchev–Trinajstić information content (AvgIpc) is 3.58. The number of benzene rings is 2. The molecule has 0 saturated heterocycles. The Hall–Kier alpha value is -4.40. The van der Waals surface area contributed by atoms with Crippen molar-refractivity contribution in [3.05, 3.63) is 82.7 Å². The van der Waals surface area contributed by atoms with E-state index in [1.165, 1.54) is 0 Å². The van der Waals surface area contributed by atoms with Crippen LogP contribution >= 0.6 is 0 Å². The summed E-state index contributed by atoms with van der Waals surface area (Å²) in [6.45, 7) is 5.84. The highest BCUT2D eigenvalue weighted by Gasteiger charge is 2.24. The van der Waals surface area contributed by atoms with Gasteiger partial charge in [0, 0.05) is 23.6 Å². The largest absolute Gasteiger partial charge is 0.460 e. The third kappa shape index (κ3) is 4.05. The van der Waals surface area contributed by atoms with Gasteiger partial charge in [0.15, 0.2) is 11.5 Å². The lowest BCUT2D eigenvalue weighted by Gasteiger charge is -2.12. The monoisotopic (exact) mass is 471 g/mol. The number of imidazole rings is 1. The molecule has 1 N–H and O–H groups in total. The highest BCUT2D eigenvalue weighted by atomic mass is 16.5. The van der Waals surface area contributed by atoms with Crippen LogP contribution in [0.1, 0.15) is 43.2 Å². The molecule has 0 fully saturated rings. The van der Waals surface area contributed by atoms with Gasteiger partial charge in [0.1, 0.15) is 5.56 Å². The van der Waals surface area contributed by atoms with Crippen LogP contribution in [0.2, 0.25) is 0 Å². The van der Waals surface area contributed by atoms with Gasteiger partial charge in [-0.15, -0.1) is 0 Å². The summed E-state index contributed by atoms with van der Waals surface area (Å²) in [5, 5.41) is 7.17. The number of nitrogens with zero attached hydrogens (tertiary/aromatic N) is 4. The normalized spacial score (nSPS) is 12.2. The molecule has 1 atom stereocenters. The molecule has 3 aromatic heterocycles. The van der Waals surface area contributed by atoms with Crippen LogP contribution in [0.25, 0.3) is 33.8 Å². The standard InChI is InChI=1S/C26H25N5O4/c1-4-16(3)34-25(32)22-21(5-2)28-31-15-14-30(24(22)31)18-12-10-17(11-13-18)19-8-6-7-9-20(19)23-27-26(33)35-29-23/h6-16H,4-5H2,1-3H3,(H,27,29,33). The number of rotatable bonds is 7. The van der Waals surface area contributed by atoms with Gasteiger partial charge in [-0.2, -0.15) is 15.2 Å². The Bertz CT molecular complexity index is 1550. The number of ether oxygens (including phenoxy) is 1. The van der Waals surface area contributed by atoms with Crippen LogP contribution in [0, 0.1) is 0 Å². The summed E-state index contributed by atoms with van der Waals surface area (Å²) in [5.41, 5.74) is 5.33. The Morgan fingerprint density at radius 1 is 1.09 bits per heavy atom. The van der Waals surface area contributed by atoms with Gasteiger partial charge in [-0.25, -0.2) is 14.1 Å². The number of H-pyrrole nitrogens is 1. The smallest absolute Gasteiger partial charge is 0.459 e. The van der Waals surface area contributed by atoms with E-state index in [1.54, 1.807) is 4.52 Å². The first-order valence-electron chi connectivity index (χ1n) is 11.5. The molecule has 5 aromatic rings. The van der Waals surface area contributed by atoms with Gasteiger partial charge in [-0.3, -0.25) is 4.57 Å². The fourth-order valence-corrected chi connectivity index (χ4v) is 4.08. The summed E-state index contributed by atoms with van der Waals surface area (Å²) in [6, 6.07) is 15.5. The number of hydrogen-bond donors (Lipinski definition) is 1. The Morgan fingerprint density at radius 2 is 1.83 bits per heavy atom. The SMILES string of the molecule is CCc1nn2ccn(-c3ccc(-c4ccccc4-c4nc(=O)o[nH]4)cc3)c2c1C(=O)OC(C)CC. The molecule has 3 heterocycles. The average molecular weight is 472 g/mol. The van der Waals surface area contributed by atoms with E-state index in [1.807, 2.05) is 86.3 Å². The van der Waals surface area contributed by atoms with Gasteiger partial charge in [0.25, 0.3) is 0 Å². The van der Waals surface area contributed by atoms with Crippen molar-refractivity contribution in [2.24, 2.45) is 0 Å². The first-order chi connectivity index (χ1) is 17.0. The molecular weight excluding hydrogens is 446 g/mol. The van der Waals surface area contributed by atoms with Crippen molar-refractivity contribution >= 4 is 11.6 Å². The number of hydrogen-bond acceptors (Lipinski definition) is 6. The number of fused-ring (bicyclic) bond motifs is 1. The zero-order chi connectivity index (χ0) is 24.5. The van der Waals surface area contributed by atoms with E-state index in [9.17, 15) is 9.59 Å². The fourth-order valence-electron chi connectivity index (χ4n) is 4.08. The maximum absolute atomic E-state index is 13.0. The molecule has 1 unspecified atom stereocenters. The Kier molecular flexibility index (Phi) is 5.82. The second kappa shape index (κ2) is 9.09. The van der Waals surface area contributed by atoms with Crippen molar-refractivity contribution in [3.8, 4) is 28.2 Å². The van der Waals surface area contributed by atoms with Crippen LogP contribution < -0.4 is 5.76 Å². The summed E-state index contributed by atoms with van der Waals surface area (Å²) >= 11 is 0. The molecule has 0 spiro atoms. The molecule has 0 amide bonds. The summed E-state index contributed by atoms with van der Waals surface area (Å²) in [7, 11) is 0.